The van der Waals surface area contributed by atoms with Gasteiger partial charge in [0.15, 0.2) is 0 Å². The van der Waals surface area contributed by atoms with Gasteiger partial charge in [-0.2, -0.15) is 0 Å². The molecule has 0 unspecified atom stereocenters. The van der Waals surface area contributed by atoms with Crippen molar-refractivity contribution in [3.8, 4) is 0 Å². The van der Waals surface area contributed by atoms with Crippen LogP contribution in [0.5, 0.6) is 0 Å². The first-order valence-electron chi connectivity index (χ1n) is 7.64. The van der Waals surface area contributed by atoms with Gasteiger partial charge in [0.25, 0.3) is 0 Å². The van der Waals surface area contributed by atoms with Gasteiger partial charge in [-0.15, -0.1) is 0 Å². The lowest BCUT2D eigenvalue weighted by atomic mass is 9.83. The number of carbonyl (C=O) groups is 1. The molecule has 0 saturated heterocycles. The van der Waals surface area contributed by atoms with Crippen LogP contribution in [0, 0.1) is 5.92 Å². The summed E-state index contributed by atoms with van der Waals surface area (Å²) >= 11 is 0. The Bertz CT molecular complexity index is 538. The zero-order valence-corrected chi connectivity index (χ0v) is 12.2. The molecule has 0 radical (unpaired) electrons. The number of ketones is 1. The van der Waals surface area contributed by atoms with E-state index < -0.39 is 0 Å². The van der Waals surface area contributed by atoms with Crippen LogP contribution in [0.1, 0.15) is 24.0 Å². The zero-order valence-electron chi connectivity index (χ0n) is 12.2. The van der Waals surface area contributed by atoms with Crippen molar-refractivity contribution in [2.45, 2.75) is 25.9 Å². The van der Waals surface area contributed by atoms with Crippen molar-refractivity contribution < 1.29 is 4.79 Å². The highest BCUT2D eigenvalue weighted by atomic mass is 16.1. The second-order valence-corrected chi connectivity index (χ2v) is 5.84. The van der Waals surface area contributed by atoms with Gasteiger partial charge in [0.2, 0.25) is 0 Å². The van der Waals surface area contributed by atoms with E-state index in [4.69, 9.17) is 0 Å². The molecule has 0 heterocycles. The van der Waals surface area contributed by atoms with Crippen LogP contribution in [0.2, 0.25) is 0 Å². The molecule has 2 heteroatoms. The van der Waals surface area contributed by atoms with E-state index in [-0.39, 0.29) is 5.92 Å². The van der Waals surface area contributed by atoms with Crippen LogP contribution in [0.25, 0.3) is 0 Å². The third kappa shape index (κ3) is 3.79. The zero-order chi connectivity index (χ0) is 14.5. The van der Waals surface area contributed by atoms with Gasteiger partial charge in [-0.05, 0) is 17.5 Å². The van der Waals surface area contributed by atoms with Crippen LogP contribution < -0.4 is 0 Å². The highest BCUT2D eigenvalue weighted by molar-refractivity contribution is 5.86. The topological polar surface area (TPSA) is 20.3 Å². The molecule has 21 heavy (non-hydrogen) atoms. The number of nitrogens with zero attached hydrogens (tertiary/aromatic N) is 1. The number of Topliss-reactive ketones (excluding diaryl/α,β-unsaturated/α-hetero) is 1. The van der Waals surface area contributed by atoms with Crippen LogP contribution in [0.15, 0.2) is 60.7 Å². The summed E-state index contributed by atoms with van der Waals surface area (Å²) in [5, 5.41) is 0. The molecule has 108 valence electrons. The second-order valence-electron chi connectivity index (χ2n) is 5.84. The maximum Gasteiger partial charge on any atom is 0.137 e. The third-order valence-electron chi connectivity index (χ3n) is 4.17. The molecule has 0 spiro atoms. The second kappa shape index (κ2) is 6.68. The van der Waals surface area contributed by atoms with Crippen molar-refractivity contribution in [2.24, 2.45) is 5.92 Å². The van der Waals surface area contributed by atoms with Crippen LogP contribution >= 0.6 is 0 Å². The smallest absolute Gasteiger partial charge is 0.137 e. The van der Waals surface area contributed by atoms with Crippen LogP contribution in [-0.2, 0) is 17.9 Å². The number of hydrogen-bond donors (Lipinski definition) is 0. The van der Waals surface area contributed by atoms with Crippen LogP contribution in [0.3, 0.4) is 0 Å². The van der Waals surface area contributed by atoms with Gasteiger partial charge in [-0.1, -0.05) is 60.7 Å². The minimum Gasteiger partial charge on any atom is -0.299 e. The molecule has 1 aliphatic rings. The van der Waals surface area contributed by atoms with Crippen LogP contribution in [0.4, 0.5) is 0 Å². The Morgan fingerprint density at radius 2 is 1.38 bits per heavy atom. The van der Waals surface area contributed by atoms with Gasteiger partial charge in [0.05, 0.1) is 0 Å². The average molecular weight is 279 g/mol. The van der Waals surface area contributed by atoms with Crippen molar-refractivity contribution in [3.05, 3.63) is 71.8 Å². The number of hydrogen-bond acceptors (Lipinski definition) is 2. The first kappa shape index (κ1) is 14.0. The van der Waals surface area contributed by atoms with Crippen molar-refractivity contribution in [3.63, 3.8) is 0 Å². The molecule has 0 aromatic heterocycles. The van der Waals surface area contributed by atoms with E-state index in [1.165, 1.54) is 11.1 Å². The number of rotatable bonds is 6. The third-order valence-corrected chi connectivity index (χ3v) is 4.17. The molecule has 1 aliphatic carbocycles. The fourth-order valence-corrected chi connectivity index (χ4v) is 2.84. The van der Waals surface area contributed by atoms with E-state index in [0.29, 0.717) is 5.78 Å². The van der Waals surface area contributed by atoms with Gasteiger partial charge in [0.1, 0.15) is 5.78 Å². The van der Waals surface area contributed by atoms with E-state index in [1.807, 2.05) is 12.1 Å². The Balaban J connectivity index is 1.69. The highest BCUT2D eigenvalue weighted by Crippen LogP contribution is 2.24. The molecule has 0 amide bonds. The lowest BCUT2D eigenvalue weighted by Gasteiger charge is -2.31. The van der Waals surface area contributed by atoms with Gasteiger partial charge < -0.3 is 0 Å². The number of benzene rings is 2. The lowest BCUT2D eigenvalue weighted by Crippen LogP contribution is -2.37. The van der Waals surface area contributed by atoms with Gasteiger partial charge >= 0.3 is 0 Å². The summed E-state index contributed by atoms with van der Waals surface area (Å²) in [6.07, 6.45) is 1.83. The monoisotopic (exact) mass is 279 g/mol. The predicted molar refractivity (Wildman–Crippen MR) is 84.7 cm³/mol. The Kier molecular flexibility index (Phi) is 4.46. The molecule has 1 saturated carbocycles. The summed E-state index contributed by atoms with van der Waals surface area (Å²) in [6, 6.07) is 21.0. The SMILES string of the molecule is O=C1CC[C@H]1CN(Cc1ccccc1)Cc1ccccc1. The van der Waals surface area contributed by atoms with Crippen molar-refractivity contribution >= 4 is 5.78 Å². The van der Waals surface area contributed by atoms with Crippen molar-refractivity contribution in [1.29, 1.82) is 0 Å². The highest BCUT2D eigenvalue weighted by Gasteiger charge is 2.29. The Labute approximate surface area is 126 Å². The first-order valence-corrected chi connectivity index (χ1v) is 7.64. The molecule has 0 bridgehead atoms. The van der Waals surface area contributed by atoms with Crippen molar-refractivity contribution in [2.75, 3.05) is 6.54 Å². The predicted octanol–water partition coefficient (Wildman–Crippen LogP) is 3.67. The van der Waals surface area contributed by atoms with E-state index in [0.717, 1.165) is 32.5 Å². The van der Waals surface area contributed by atoms with Gasteiger partial charge in [-0.3, -0.25) is 9.69 Å². The van der Waals surface area contributed by atoms with Gasteiger partial charge in [0, 0.05) is 32.0 Å². The fraction of sp³-hybridized carbons (Fsp3) is 0.316. The van der Waals surface area contributed by atoms with E-state index in [9.17, 15) is 4.79 Å². The Morgan fingerprint density at radius 1 is 0.857 bits per heavy atom. The normalized spacial score (nSPS) is 17.8. The maximum absolute atomic E-state index is 11.6. The fourth-order valence-electron chi connectivity index (χ4n) is 2.84. The van der Waals surface area contributed by atoms with E-state index in [1.54, 1.807) is 0 Å². The van der Waals surface area contributed by atoms with E-state index >= 15 is 0 Å². The lowest BCUT2D eigenvalue weighted by molar-refractivity contribution is -0.130. The molecule has 3 rings (SSSR count). The molecule has 0 aliphatic heterocycles. The van der Waals surface area contributed by atoms with Gasteiger partial charge in [-0.25, -0.2) is 0 Å². The average Bonchev–Trinajstić information content (AvgIpc) is 2.53. The molecule has 0 N–H and O–H groups in total. The molecular formula is C19H21NO. The summed E-state index contributed by atoms with van der Waals surface area (Å²) in [7, 11) is 0. The summed E-state index contributed by atoms with van der Waals surface area (Å²) in [5.41, 5.74) is 2.61. The summed E-state index contributed by atoms with van der Waals surface area (Å²) in [6.45, 7) is 2.68. The minimum absolute atomic E-state index is 0.248. The van der Waals surface area contributed by atoms with Crippen LogP contribution in [-0.4, -0.2) is 17.2 Å². The summed E-state index contributed by atoms with van der Waals surface area (Å²) < 4.78 is 0. The maximum atomic E-state index is 11.6. The first-order chi connectivity index (χ1) is 10.3. The molecule has 1 fully saturated rings. The largest absolute Gasteiger partial charge is 0.299 e. The number of carbonyl (C=O) groups excluding carboxylic acids is 1. The molecule has 1 atom stereocenters. The Hall–Kier alpha value is -1.93. The van der Waals surface area contributed by atoms with E-state index in [2.05, 4.69) is 53.4 Å². The Morgan fingerprint density at radius 3 is 1.76 bits per heavy atom. The summed E-state index contributed by atoms with van der Waals surface area (Å²) in [4.78, 5) is 14.0. The van der Waals surface area contributed by atoms with Crippen molar-refractivity contribution in [1.82, 2.24) is 4.90 Å². The molecular weight excluding hydrogens is 258 g/mol. The molecule has 2 aromatic rings. The quantitative estimate of drug-likeness (QED) is 0.804. The minimum atomic E-state index is 0.248. The molecule has 2 aromatic carbocycles. The standard InChI is InChI=1S/C19H21NO/c21-19-12-11-18(19)15-20(13-16-7-3-1-4-8-16)14-17-9-5-2-6-10-17/h1-10,18H,11-15H2/t18-/m0/s1. The molecule has 2 nitrogen and oxygen atoms in total. The summed E-state index contributed by atoms with van der Waals surface area (Å²) in [5.74, 6) is 0.679.